The number of aryl methyl sites for hydroxylation is 1. The van der Waals surface area contributed by atoms with Gasteiger partial charge in [0.2, 0.25) is 5.91 Å². The van der Waals surface area contributed by atoms with E-state index in [1.165, 1.54) is 17.8 Å². The van der Waals surface area contributed by atoms with Gasteiger partial charge in [-0.05, 0) is 51.3 Å². The van der Waals surface area contributed by atoms with E-state index in [1.807, 2.05) is 6.92 Å². The van der Waals surface area contributed by atoms with E-state index in [0.717, 1.165) is 30.4 Å². The summed E-state index contributed by atoms with van der Waals surface area (Å²) < 4.78 is 15.7. The molecule has 1 aromatic carbocycles. The summed E-state index contributed by atoms with van der Waals surface area (Å²) in [7, 11) is 0. The lowest BCUT2D eigenvalue weighted by Crippen LogP contribution is -2.23. The molecule has 5 nitrogen and oxygen atoms in total. The standard InChI is InChI=1S/C17H21FN4OS/c1-4-22-15(12-6-7-12)20-21-17(22)24-11(3)16(23)19-13-8-5-10(2)14(18)9-13/h5,8-9,11-12H,4,6-7H2,1-3H3,(H,19,23)/t11-/m0/s1. The van der Waals surface area contributed by atoms with E-state index in [0.29, 0.717) is 17.2 Å². The van der Waals surface area contributed by atoms with Crippen molar-refractivity contribution in [2.24, 2.45) is 0 Å². The third-order valence-corrected chi connectivity index (χ3v) is 5.18. The molecule has 0 aliphatic heterocycles. The molecule has 1 aliphatic rings. The Morgan fingerprint density at radius 2 is 2.21 bits per heavy atom. The molecule has 1 heterocycles. The summed E-state index contributed by atoms with van der Waals surface area (Å²) in [6.45, 7) is 6.35. The maximum atomic E-state index is 13.6. The molecule has 0 radical (unpaired) electrons. The van der Waals surface area contributed by atoms with E-state index in [2.05, 4.69) is 27.0 Å². The van der Waals surface area contributed by atoms with Crippen LogP contribution in [-0.4, -0.2) is 25.9 Å². The Labute approximate surface area is 145 Å². The molecule has 24 heavy (non-hydrogen) atoms. The molecule has 3 rings (SSSR count). The van der Waals surface area contributed by atoms with Gasteiger partial charge in [0.1, 0.15) is 11.6 Å². The van der Waals surface area contributed by atoms with Gasteiger partial charge in [0.25, 0.3) is 0 Å². The number of thioether (sulfide) groups is 1. The lowest BCUT2D eigenvalue weighted by molar-refractivity contribution is -0.115. The third kappa shape index (κ3) is 3.61. The Balaban J connectivity index is 1.66. The predicted molar refractivity (Wildman–Crippen MR) is 92.8 cm³/mol. The topological polar surface area (TPSA) is 59.8 Å². The fourth-order valence-electron chi connectivity index (χ4n) is 2.45. The Kier molecular flexibility index (Phi) is 4.89. The van der Waals surface area contributed by atoms with Crippen molar-refractivity contribution in [3.63, 3.8) is 0 Å². The largest absolute Gasteiger partial charge is 0.325 e. The first kappa shape index (κ1) is 17.0. The zero-order chi connectivity index (χ0) is 17.3. The number of nitrogens with one attached hydrogen (secondary N) is 1. The van der Waals surface area contributed by atoms with Crippen molar-refractivity contribution < 1.29 is 9.18 Å². The molecule has 1 fully saturated rings. The number of halogens is 1. The molecule has 0 bridgehead atoms. The highest BCUT2D eigenvalue weighted by molar-refractivity contribution is 8.00. The van der Waals surface area contributed by atoms with Crippen LogP contribution >= 0.6 is 11.8 Å². The normalized spacial score (nSPS) is 15.3. The van der Waals surface area contributed by atoms with Gasteiger partial charge in [-0.2, -0.15) is 0 Å². The van der Waals surface area contributed by atoms with Gasteiger partial charge in [-0.25, -0.2) is 4.39 Å². The molecule has 1 N–H and O–H groups in total. The molecule has 1 saturated carbocycles. The Morgan fingerprint density at radius 1 is 1.46 bits per heavy atom. The molecule has 1 amide bonds. The van der Waals surface area contributed by atoms with Crippen LogP contribution in [0.15, 0.2) is 23.4 Å². The van der Waals surface area contributed by atoms with Gasteiger partial charge in [-0.1, -0.05) is 17.8 Å². The van der Waals surface area contributed by atoms with Gasteiger partial charge in [-0.3, -0.25) is 4.79 Å². The second-order valence-electron chi connectivity index (χ2n) is 6.07. The summed E-state index contributed by atoms with van der Waals surface area (Å²) in [5.41, 5.74) is 1.02. The first-order valence-electron chi connectivity index (χ1n) is 8.16. The molecular weight excluding hydrogens is 327 g/mol. The van der Waals surface area contributed by atoms with Crippen LogP contribution in [0.4, 0.5) is 10.1 Å². The molecule has 0 unspecified atom stereocenters. The van der Waals surface area contributed by atoms with Crippen molar-refractivity contribution in [2.75, 3.05) is 5.32 Å². The molecule has 1 atom stereocenters. The van der Waals surface area contributed by atoms with E-state index in [1.54, 1.807) is 19.1 Å². The summed E-state index contributed by atoms with van der Waals surface area (Å²) in [4.78, 5) is 12.4. The van der Waals surface area contributed by atoms with Crippen LogP contribution in [-0.2, 0) is 11.3 Å². The number of anilines is 1. The number of nitrogens with zero attached hydrogens (tertiary/aromatic N) is 3. The van der Waals surface area contributed by atoms with Crippen molar-refractivity contribution in [2.45, 2.75) is 56.5 Å². The van der Waals surface area contributed by atoms with Gasteiger partial charge in [-0.15, -0.1) is 10.2 Å². The maximum absolute atomic E-state index is 13.6. The van der Waals surface area contributed by atoms with Crippen LogP contribution in [0.25, 0.3) is 0 Å². The van der Waals surface area contributed by atoms with Crippen LogP contribution in [0.1, 0.15) is 44.0 Å². The third-order valence-electron chi connectivity index (χ3n) is 4.09. The minimum Gasteiger partial charge on any atom is -0.325 e. The zero-order valence-electron chi connectivity index (χ0n) is 14.0. The average molecular weight is 348 g/mol. The minimum absolute atomic E-state index is 0.179. The Morgan fingerprint density at radius 3 is 2.83 bits per heavy atom. The summed E-state index contributed by atoms with van der Waals surface area (Å²) in [6, 6.07) is 4.69. The summed E-state index contributed by atoms with van der Waals surface area (Å²) in [5, 5.41) is 11.7. The average Bonchev–Trinajstić information content (AvgIpc) is 3.32. The molecular formula is C17H21FN4OS. The summed E-state index contributed by atoms with van der Waals surface area (Å²) >= 11 is 1.38. The van der Waals surface area contributed by atoms with Crippen molar-refractivity contribution >= 4 is 23.4 Å². The van der Waals surface area contributed by atoms with Gasteiger partial charge >= 0.3 is 0 Å². The van der Waals surface area contributed by atoms with Crippen LogP contribution < -0.4 is 5.32 Å². The van der Waals surface area contributed by atoms with Crippen LogP contribution in [0, 0.1) is 12.7 Å². The molecule has 128 valence electrons. The molecule has 2 aromatic rings. The first-order chi connectivity index (χ1) is 11.5. The maximum Gasteiger partial charge on any atom is 0.237 e. The smallest absolute Gasteiger partial charge is 0.237 e. The number of carbonyl (C=O) groups is 1. The highest BCUT2D eigenvalue weighted by Gasteiger charge is 2.30. The van der Waals surface area contributed by atoms with Gasteiger partial charge in [0, 0.05) is 18.2 Å². The number of amides is 1. The van der Waals surface area contributed by atoms with E-state index < -0.39 is 0 Å². The molecule has 1 aliphatic carbocycles. The number of aromatic nitrogens is 3. The molecule has 7 heteroatoms. The monoisotopic (exact) mass is 348 g/mol. The number of carbonyl (C=O) groups excluding carboxylic acids is 1. The van der Waals surface area contributed by atoms with Crippen LogP contribution in [0.3, 0.4) is 0 Å². The highest BCUT2D eigenvalue weighted by Crippen LogP contribution is 2.40. The number of hydrogen-bond donors (Lipinski definition) is 1. The highest BCUT2D eigenvalue weighted by atomic mass is 32.2. The van der Waals surface area contributed by atoms with Crippen molar-refractivity contribution in [1.29, 1.82) is 0 Å². The van der Waals surface area contributed by atoms with Crippen LogP contribution in [0.2, 0.25) is 0 Å². The SMILES string of the molecule is CCn1c(S[C@@H](C)C(=O)Nc2ccc(C)c(F)c2)nnc1C1CC1. The van der Waals surface area contributed by atoms with Gasteiger partial charge in [0.15, 0.2) is 5.16 Å². The lowest BCUT2D eigenvalue weighted by Gasteiger charge is -2.13. The Bertz CT molecular complexity index is 757. The second kappa shape index (κ2) is 6.93. The van der Waals surface area contributed by atoms with Crippen LogP contribution in [0.5, 0.6) is 0 Å². The predicted octanol–water partition coefficient (Wildman–Crippen LogP) is 3.74. The fraction of sp³-hybridized carbons (Fsp3) is 0.471. The van der Waals surface area contributed by atoms with E-state index >= 15 is 0 Å². The molecule has 0 saturated heterocycles. The van der Waals surface area contributed by atoms with Gasteiger partial charge < -0.3 is 9.88 Å². The zero-order valence-corrected chi connectivity index (χ0v) is 14.9. The van der Waals surface area contributed by atoms with Crippen molar-refractivity contribution in [3.05, 3.63) is 35.4 Å². The molecule has 0 spiro atoms. The van der Waals surface area contributed by atoms with E-state index in [4.69, 9.17) is 0 Å². The van der Waals surface area contributed by atoms with Crippen molar-refractivity contribution in [1.82, 2.24) is 14.8 Å². The van der Waals surface area contributed by atoms with E-state index in [-0.39, 0.29) is 17.0 Å². The molecule has 1 aromatic heterocycles. The number of benzene rings is 1. The van der Waals surface area contributed by atoms with Crippen molar-refractivity contribution in [3.8, 4) is 0 Å². The second-order valence-corrected chi connectivity index (χ2v) is 7.38. The lowest BCUT2D eigenvalue weighted by atomic mass is 10.2. The fourth-order valence-corrected chi connectivity index (χ4v) is 3.37. The number of hydrogen-bond acceptors (Lipinski definition) is 4. The minimum atomic E-state index is -0.351. The number of rotatable bonds is 6. The van der Waals surface area contributed by atoms with Gasteiger partial charge in [0.05, 0.1) is 5.25 Å². The van der Waals surface area contributed by atoms with E-state index in [9.17, 15) is 9.18 Å². The summed E-state index contributed by atoms with van der Waals surface area (Å²) in [5.74, 6) is 1.04. The Hall–Kier alpha value is -1.89. The first-order valence-corrected chi connectivity index (χ1v) is 9.04. The quantitative estimate of drug-likeness (QED) is 0.808. The summed E-state index contributed by atoms with van der Waals surface area (Å²) in [6.07, 6.45) is 2.33.